The Labute approximate surface area is 152 Å². The fourth-order valence-electron chi connectivity index (χ4n) is 3.10. The van der Waals surface area contributed by atoms with Crippen molar-refractivity contribution in [1.29, 1.82) is 0 Å². The average molecular weight is 347 g/mol. The van der Waals surface area contributed by atoms with Crippen LogP contribution in [-0.4, -0.2) is 22.1 Å². The van der Waals surface area contributed by atoms with E-state index < -0.39 is 0 Å². The molecule has 1 saturated carbocycles. The first-order valence-corrected chi connectivity index (χ1v) is 8.92. The Morgan fingerprint density at radius 1 is 1.04 bits per heavy atom. The number of nitrogens with zero attached hydrogens (tertiary/aromatic N) is 2. The third-order valence-electron chi connectivity index (χ3n) is 4.91. The topological polar surface area (TPSA) is 68.0 Å². The lowest BCUT2D eigenvalue weighted by molar-refractivity contribution is 0.0917. The van der Waals surface area contributed by atoms with Crippen molar-refractivity contribution in [2.45, 2.75) is 39.2 Å². The van der Waals surface area contributed by atoms with Crippen LogP contribution in [0.3, 0.4) is 0 Å². The van der Waals surface area contributed by atoms with Gasteiger partial charge < -0.3 is 9.73 Å². The summed E-state index contributed by atoms with van der Waals surface area (Å²) >= 11 is 0. The highest BCUT2D eigenvalue weighted by Gasteiger charge is 2.20. The first-order valence-electron chi connectivity index (χ1n) is 8.92. The summed E-state index contributed by atoms with van der Waals surface area (Å²) in [5.41, 5.74) is 4.88. The molecule has 2 aromatic carbocycles. The third kappa shape index (κ3) is 3.25. The van der Waals surface area contributed by atoms with Crippen LogP contribution in [-0.2, 0) is 0 Å². The molecule has 0 aliphatic heterocycles. The Kier molecular flexibility index (Phi) is 4.29. The van der Waals surface area contributed by atoms with Gasteiger partial charge in [0.1, 0.15) is 0 Å². The summed E-state index contributed by atoms with van der Waals surface area (Å²) in [6.07, 6.45) is 3.38. The molecule has 4 rings (SSSR count). The van der Waals surface area contributed by atoms with Gasteiger partial charge in [0, 0.05) is 24.1 Å². The Bertz CT molecular complexity index is 940. The van der Waals surface area contributed by atoms with Crippen molar-refractivity contribution in [3.05, 3.63) is 59.5 Å². The molecule has 3 aromatic rings. The molecule has 26 heavy (non-hydrogen) atoms. The van der Waals surface area contributed by atoms with Crippen molar-refractivity contribution in [3.63, 3.8) is 0 Å². The maximum absolute atomic E-state index is 12.3. The van der Waals surface area contributed by atoms with Crippen LogP contribution in [0.4, 0.5) is 0 Å². The van der Waals surface area contributed by atoms with Crippen molar-refractivity contribution in [1.82, 2.24) is 15.5 Å². The molecule has 0 spiro atoms. The summed E-state index contributed by atoms with van der Waals surface area (Å²) in [6, 6.07) is 14.2. The molecule has 132 valence electrons. The van der Waals surface area contributed by atoms with Gasteiger partial charge in [-0.15, -0.1) is 10.2 Å². The molecule has 1 aromatic heterocycles. The number of amides is 1. The molecule has 1 N–H and O–H groups in total. The molecule has 1 aliphatic carbocycles. The van der Waals surface area contributed by atoms with Gasteiger partial charge in [-0.3, -0.25) is 4.79 Å². The number of carbonyl (C=O) groups excluding carboxylic acids is 1. The molecule has 1 amide bonds. The second-order valence-corrected chi connectivity index (χ2v) is 6.83. The summed E-state index contributed by atoms with van der Waals surface area (Å²) in [4.78, 5) is 12.3. The van der Waals surface area contributed by atoms with Gasteiger partial charge in [-0.1, -0.05) is 18.2 Å². The molecular formula is C21H21N3O2. The second-order valence-electron chi connectivity index (χ2n) is 6.83. The molecular weight excluding hydrogens is 326 g/mol. The first kappa shape index (κ1) is 16.5. The monoisotopic (exact) mass is 347 g/mol. The Morgan fingerprint density at radius 2 is 1.77 bits per heavy atom. The number of nitrogens with one attached hydrogen (secondary N) is 1. The zero-order valence-corrected chi connectivity index (χ0v) is 15.0. The number of carbonyl (C=O) groups is 1. The van der Waals surface area contributed by atoms with Crippen molar-refractivity contribution >= 4 is 5.91 Å². The van der Waals surface area contributed by atoms with Gasteiger partial charge in [-0.2, -0.15) is 0 Å². The fraction of sp³-hybridized carbons (Fsp3) is 0.286. The molecule has 0 radical (unpaired) electrons. The highest BCUT2D eigenvalue weighted by atomic mass is 16.4. The van der Waals surface area contributed by atoms with E-state index in [4.69, 9.17) is 4.42 Å². The molecule has 0 saturated heterocycles. The SMILES string of the molecule is Cc1nnc(-c2ccc(C)c(-c3ccc(C(=O)NC4CCC4)cc3)c2)o1. The van der Waals surface area contributed by atoms with E-state index in [9.17, 15) is 4.79 Å². The standard InChI is InChI=1S/C21H21N3O2/c1-13-6-7-17(21-24-23-14(2)26-21)12-19(13)15-8-10-16(11-9-15)20(25)22-18-4-3-5-18/h6-12,18H,3-5H2,1-2H3,(H,22,25). The average Bonchev–Trinajstić information content (AvgIpc) is 3.05. The van der Waals surface area contributed by atoms with Crippen LogP contribution in [0, 0.1) is 13.8 Å². The minimum Gasteiger partial charge on any atom is -0.421 e. The Morgan fingerprint density at radius 3 is 2.38 bits per heavy atom. The number of rotatable bonds is 4. The van der Waals surface area contributed by atoms with E-state index in [0.717, 1.165) is 35.1 Å². The zero-order valence-electron chi connectivity index (χ0n) is 15.0. The number of aromatic nitrogens is 2. The Balaban J connectivity index is 1.59. The van der Waals surface area contributed by atoms with Crippen molar-refractivity contribution < 1.29 is 9.21 Å². The van der Waals surface area contributed by atoms with E-state index in [1.807, 2.05) is 42.5 Å². The lowest BCUT2D eigenvalue weighted by atomic mass is 9.92. The summed E-state index contributed by atoms with van der Waals surface area (Å²) in [7, 11) is 0. The van der Waals surface area contributed by atoms with E-state index in [0.29, 0.717) is 23.4 Å². The largest absolute Gasteiger partial charge is 0.421 e. The second kappa shape index (κ2) is 6.75. The number of hydrogen-bond acceptors (Lipinski definition) is 4. The number of hydrogen-bond donors (Lipinski definition) is 1. The Hall–Kier alpha value is -2.95. The lowest BCUT2D eigenvalue weighted by Crippen LogP contribution is -2.39. The van der Waals surface area contributed by atoms with Crippen molar-refractivity contribution in [2.24, 2.45) is 0 Å². The highest BCUT2D eigenvalue weighted by molar-refractivity contribution is 5.95. The minimum atomic E-state index is 0.00746. The van der Waals surface area contributed by atoms with Crippen LogP contribution in [0.25, 0.3) is 22.6 Å². The van der Waals surface area contributed by atoms with E-state index >= 15 is 0 Å². The van der Waals surface area contributed by atoms with Gasteiger partial charge in [-0.25, -0.2) is 0 Å². The summed E-state index contributed by atoms with van der Waals surface area (Å²) in [5.74, 6) is 1.07. The van der Waals surface area contributed by atoms with Gasteiger partial charge in [0.2, 0.25) is 11.8 Å². The molecule has 1 heterocycles. The number of benzene rings is 2. The van der Waals surface area contributed by atoms with Gasteiger partial charge in [0.25, 0.3) is 5.91 Å². The van der Waals surface area contributed by atoms with Crippen LogP contribution >= 0.6 is 0 Å². The van der Waals surface area contributed by atoms with E-state index in [1.54, 1.807) is 6.92 Å². The predicted molar refractivity (Wildman–Crippen MR) is 99.7 cm³/mol. The molecule has 0 atom stereocenters. The summed E-state index contributed by atoms with van der Waals surface area (Å²) < 4.78 is 5.53. The van der Waals surface area contributed by atoms with Crippen LogP contribution in [0.15, 0.2) is 46.9 Å². The molecule has 5 nitrogen and oxygen atoms in total. The molecule has 1 fully saturated rings. The first-order chi connectivity index (χ1) is 12.6. The van der Waals surface area contributed by atoms with E-state index in [-0.39, 0.29) is 5.91 Å². The normalized spacial score (nSPS) is 14.1. The van der Waals surface area contributed by atoms with Crippen LogP contribution in [0.5, 0.6) is 0 Å². The van der Waals surface area contributed by atoms with E-state index in [2.05, 4.69) is 22.4 Å². The third-order valence-corrected chi connectivity index (χ3v) is 4.91. The van der Waals surface area contributed by atoms with Gasteiger partial charge in [0.05, 0.1) is 0 Å². The molecule has 1 aliphatic rings. The van der Waals surface area contributed by atoms with Gasteiger partial charge in [-0.05, 0) is 67.1 Å². The van der Waals surface area contributed by atoms with Crippen molar-refractivity contribution in [2.75, 3.05) is 0 Å². The van der Waals surface area contributed by atoms with Crippen LogP contribution in [0.1, 0.15) is 41.1 Å². The van der Waals surface area contributed by atoms with Gasteiger partial charge in [0.15, 0.2) is 0 Å². The predicted octanol–water partition coefficient (Wildman–Crippen LogP) is 4.30. The van der Waals surface area contributed by atoms with Crippen molar-refractivity contribution in [3.8, 4) is 22.6 Å². The molecule has 0 bridgehead atoms. The van der Waals surface area contributed by atoms with Gasteiger partial charge >= 0.3 is 0 Å². The maximum atomic E-state index is 12.3. The smallest absolute Gasteiger partial charge is 0.251 e. The number of aryl methyl sites for hydroxylation is 2. The van der Waals surface area contributed by atoms with Crippen LogP contribution < -0.4 is 5.32 Å². The van der Waals surface area contributed by atoms with Crippen LogP contribution in [0.2, 0.25) is 0 Å². The summed E-state index contributed by atoms with van der Waals surface area (Å²) in [5, 5.41) is 11.1. The lowest BCUT2D eigenvalue weighted by Gasteiger charge is -2.26. The summed E-state index contributed by atoms with van der Waals surface area (Å²) in [6.45, 7) is 3.84. The highest BCUT2D eigenvalue weighted by Crippen LogP contribution is 2.29. The maximum Gasteiger partial charge on any atom is 0.251 e. The zero-order chi connectivity index (χ0) is 18.1. The molecule has 0 unspecified atom stereocenters. The quantitative estimate of drug-likeness (QED) is 0.764. The molecule has 5 heteroatoms. The minimum absolute atomic E-state index is 0.00746. The van der Waals surface area contributed by atoms with E-state index in [1.165, 1.54) is 6.42 Å². The fourth-order valence-corrected chi connectivity index (χ4v) is 3.10.